The predicted octanol–water partition coefficient (Wildman–Crippen LogP) is 1.30. The second-order valence-electron chi connectivity index (χ2n) is 4.29. The molecule has 17 heavy (non-hydrogen) atoms. The summed E-state index contributed by atoms with van der Waals surface area (Å²) >= 11 is 0. The van der Waals surface area contributed by atoms with Crippen molar-refractivity contribution >= 4 is 5.96 Å². The number of nitrogens with one attached hydrogen (secondary N) is 1. The Kier molecular flexibility index (Phi) is 3.85. The van der Waals surface area contributed by atoms with E-state index in [1.54, 1.807) is 7.11 Å². The number of aliphatic imine (C=N–C) groups is 1. The van der Waals surface area contributed by atoms with Crippen LogP contribution in [0.2, 0.25) is 0 Å². The molecule has 4 heteroatoms. The molecule has 0 aromatic heterocycles. The van der Waals surface area contributed by atoms with Crippen LogP contribution in [0, 0.1) is 0 Å². The van der Waals surface area contributed by atoms with Crippen LogP contribution in [0.25, 0.3) is 0 Å². The van der Waals surface area contributed by atoms with E-state index in [-0.39, 0.29) is 0 Å². The van der Waals surface area contributed by atoms with E-state index in [2.05, 4.69) is 16.4 Å². The van der Waals surface area contributed by atoms with Crippen molar-refractivity contribution in [2.75, 3.05) is 13.7 Å². The van der Waals surface area contributed by atoms with E-state index >= 15 is 0 Å². The molecular formula is C13H19N3O. The fourth-order valence-corrected chi connectivity index (χ4v) is 1.62. The van der Waals surface area contributed by atoms with Crippen LogP contribution in [-0.2, 0) is 6.42 Å². The van der Waals surface area contributed by atoms with Crippen molar-refractivity contribution in [2.45, 2.75) is 25.3 Å². The highest BCUT2D eigenvalue weighted by Gasteiger charge is 2.21. The summed E-state index contributed by atoms with van der Waals surface area (Å²) in [7, 11) is 1.68. The topological polar surface area (TPSA) is 59.6 Å². The van der Waals surface area contributed by atoms with Crippen molar-refractivity contribution < 1.29 is 4.74 Å². The number of nitrogens with zero attached hydrogens (tertiary/aromatic N) is 1. The van der Waals surface area contributed by atoms with Crippen LogP contribution in [0.4, 0.5) is 0 Å². The Bertz CT molecular complexity index is 399. The van der Waals surface area contributed by atoms with Crippen molar-refractivity contribution in [3.05, 3.63) is 29.8 Å². The first-order valence-electron chi connectivity index (χ1n) is 5.97. The van der Waals surface area contributed by atoms with Crippen molar-refractivity contribution in [1.82, 2.24) is 5.32 Å². The zero-order chi connectivity index (χ0) is 12.1. The van der Waals surface area contributed by atoms with Crippen LogP contribution >= 0.6 is 0 Å². The molecule has 1 saturated carbocycles. The lowest BCUT2D eigenvalue weighted by Crippen LogP contribution is -2.33. The highest BCUT2D eigenvalue weighted by Crippen LogP contribution is 2.18. The van der Waals surface area contributed by atoms with Gasteiger partial charge in [0.15, 0.2) is 5.96 Å². The van der Waals surface area contributed by atoms with Crippen LogP contribution in [0.1, 0.15) is 18.4 Å². The van der Waals surface area contributed by atoms with Crippen molar-refractivity contribution in [3.8, 4) is 5.75 Å². The van der Waals surface area contributed by atoms with Gasteiger partial charge in [0.25, 0.3) is 0 Å². The zero-order valence-electron chi connectivity index (χ0n) is 10.1. The monoisotopic (exact) mass is 233 g/mol. The largest absolute Gasteiger partial charge is 0.497 e. The van der Waals surface area contributed by atoms with Gasteiger partial charge in [-0.15, -0.1) is 0 Å². The van der Waals surface area contributed by atoms with E-state index in [9.17, 15) is 0 Å². The summed E-state index contributed by atoms with van der Waals surface area (Å²) in [5.74, 6) is 1.45. The van der Waals surface area contributed by atoms with Gasteiger partial charge in [0.05, 0.1) is 7.11 Å². The molecule has 3 N–H and O–H groups in total. The predicted molar refractivity (Wildman–Crippen MR) is 69.3 cm³/mol. The third-order valence-corrected chi connectivity index (χ3v) is 2.75. The van der Waals surface area contributed by atoms with Gasteiger partial charge in [-0.3, -0.25) is 4.99 Å². The van der Waals surface area contributed by atoms with E-state index in [1.807, 2.05) is 18.2 Å². The highest BCUT2D eigenvalue weighted by molar-refractivity contribution is 5.78. The normalized spacial score (nSPS) is 15.7. The van der Waals surface area contributed by atoms with E-state index < -0.39 is 0 Å². The van der Waals surface area contributed by atoms with Gasteiger partial charge in [0, 0.05) is 12.6 Å². The van der Waals surface area contributed by atoms with Crippen LogP contribution < -0.4 is 15.8 Å². The molecule has 1 aromatic rings. The molecule has 1 fully saturated rings. The number of nitrogens with two attached hydrogens (primary N) is 1. The Morgan fingerprint density at radius 1 is 1.53 bits per heavy atom. The molecule has 1 aliphatic rings. The molecule has 4 nitrogen and oxygen atoms in total. The lowest BCUT2D eigenvalue weighted by molar-refractivity contribution is 0.414. The maximum atomic E-state index is 5.75. The maximum absolute atomic E-state index is 5.75. The summed E-state index contributed by atoms with van der Waals surface area (Å²) in [4.78, 5) is 4.30. The van der Waals surface area contributed by atoms with Gasteiger partial charge in [-0.25, -0.2) is 0 Å². The minimum Gasteiger partial charge on any atom is -0.497 e. The van der Waals surface area contributed by atoms with Crippen LogP contribution in [0.3, 0.4) is 0 Å². The molecule has 0 amide bonds. The van der Waals surface area contributed by atoms with Crippen LogP contribution in [-0.4, -0.2) is 25.7 Å². The zero-order valence-corrected chi connectivity index (χ0v) is 10.1. The molecule has 0 heterocycles. The van der Waals surface area contributed by atoms with Gasteiger partial charge in [0.2, 0.25) is 0 Å². The number of ether oxygens (including phenoxy) is 1. The SMILES string of the molecule is COc1cccc(CCN=C(N)NC2CC2)c1. The first kappa shape index (κ1) is 11.8. The third kappa shape index (κ3) is 3.98. The average Bonchev–Trinajstić information content (AvgIpc) is 3.13. The van der Waals surface area contributed by atoms with Gasteiger partial charge < -0.3 is 15.8 Å². The molecule has 0 bridgehead atoms. The molecule has 1 aromatic carbocycles. The molecule has 0 radical (unpaired) electrons. The average molecular weight is 233 g/mol. The minimum absolute atomic E-state index is 0.565. The summed E-state index contributed by atoms with van der Waals surface area (Å²) in [5, 5.41) is 3.17. The Morgan fingerprint density at radius 3 is 3.06 bits per heavy atom. The number of rotatable bonds is 5. The Labute approximate surface area is 102 Å². The highest BCUT2D eigenvalue weighted by atomic mass is 16.5. The smallest absolute Gasteiger partial charge is 0.188 e. The molecule has 92 valence electrons. The van der Waals surface area contributed by atoms with E-state index in [0.29, 0.717) is 18.5 Å². The quantitative estimate of drug-likeness (QED) is 0.595. The van der Waals surface area contributed by atoms with E-state index in [0.717, 1.165) is 12.2 Å². The summed E-state index contributed by atoms with van der Waals surface area (Å²) in [6, 6.07) is 8.60. The minimum atomic E-state index is 0.565. The summed E-state index contributed by atoms with van der Waals surface area (Å²) in [5.41, 5.74) is 6.96. The summed E-state index contributed by atoms with van der Waals surface area (Å²) in [6.07, 6.45) is 3.31. The van der Waals surface area contributed by atoms with Crippen LogP contribution in [0.15, 0.2) is 29.3 Å². The summed E-state index contributed by atoms with van der Waals surface area (Å²) in [6.45, 7) is 0.707. The molecule has 0 atom stereocenters. The maximum Gasteiger partial charge on any atom is 0.188 e. The second kappa shape index (κ2) is 5.57. The van der Waals surface area contributed by atoms with Crippen molar-refractivity contribution in [2.24, 2.45) is 10.7 Å². The Hall–Kier alpha value is -1.71. The van der Waals surface area contributed by atoms with Gasteiger partial charge >= 0.3 is 0 Å². The van der Waals surface area contributed by atoms with Gasteiger partial charge in [-0.05, 0) is 37.0 Å². The number of hydrogen-bond acceptors (Lipinski definition) is 2. The fourth-order valence-electron chi connectivity index (χ4n) is 1.62. The second-order valence-corrected chi connectivity index (χ2v) is 4.29. The Balaban J connectivity index is 1.79. The van der Waals surface area contributed by atoms with Gasteiger partial charge in [-0.1, -0.05) is 12.1 Å². The van der Waals surface area contributed by atoms with Crippen molar-refractivity contribution in [1.29, 1.82) is 0 Å². The molecule has 0 saturated heterocycles. The van der Waals surface area contributed by atoms with E-state index in [1.165, 1.54) is 18.4 Å². The number of guanidine groups is 1. The first-order chi connectivity index (χ1) is 8.28. The molecule has 0 spiro atoms. The molecule has 0 aliphatic heterocycles. The van der Waals surface area contributed by atoms with Crippen LogP contribution in [0.5, 0.6) is 5.75 Å². The summed E-state index contributed by atoms with van der Waals surface area (Å²) < 4.78 is 5.17. The Morgan fingerprint density at radius 2 is 2.35 bits per heavy atom. The number of benzene rings is 1. The lowest BCUT2D eigenvalue weighted by atomic mass is 10.1. The molecule has 2 rings (SSSR count). The number of hydrogen-bond donors (Lipinski definition) is 2. The van der Waals surface area contributed by atoms with E-state index in [4.69, 9.17) is 10.5 Å². The molecular weight excluding hydrogens is 214 g/mol. The van der Waals surface area contributed by atoms with Gasteiger partial charge in [0.1, 0.15) is 5.75 Å². The molecule has 0 unspecified atom stereocenters. The molecule has 1 aliphatic carbocycles. The van der Waals surface area contributed by atoms with Crippen molar-refractivity contribution in [3.63, 3.8) is 0 Å². The fraction of sp³-hybridized carbons (Fsp3) is 0.462. The first-order valence-corrected chi connectivity index (χ1v) is 5.97. The lowest BCUT2D eigenvalue weighted by Gasteiger charge is -2.04. The number of methoxy groups -OCH3 is 1. The van der Waals surface area contributed by atoms with Gasteiger partial charge in [-0.2, -0.15) is 0 Å². The third-order valence-electron chi connectivity index (χ3n) is 2.75. The standard InChI is InChI=1S/C13H19N3O/c1-17-12-4-2-3-10(9-12)7-8-15-13(14)16-11-5-6-11/h2-4,9,11H,5-8H2,1H3,(H3,14,15,16).